The number of anilines is 1. The van der Waals surface area contributed by atoms with Gasteiger partial charge in [0, 0.05) is 37.4 Å². The van der Waals surface area contributed by atoms with Gasteiger partial charge in [-0.1, -0.05) is 27.7 Å². The molecule has 0 N–H and O–H groups in total. The SMILES string of the molecule is CCN(CC)CCN(CCN(CC)CC)c1ccc(C=O)cc1. The largest absolute Gasteiger partial charge is 0.369 e. The lowest BCUT2D eigenvalue weighted by Gasteiger charge is -2.30. The van der Waals surface area contributed by atoms with Gasteiger partial charge < -0.3 is 14.7 Å². The highest BCUT2D eigenvalue weighted by Crippen LogP contribution is 2.15. The zero-order chi connectivity index (χ0) is 17.1. The number of nitrogens with zero attached hydrogens (tertiary/aromatic N) is 3. The topological polar surface area (TPSA) is 26.8 Å². The average Bonchev–Trinajstić information content (AvgIpc) is 2.61. The molecule has 1 rings (SSSR count). The Labute approximate surface area is 142 Å². The Morgan fingerprint density at radius 1 is 0.739 bits per heavy atom. The maximum Gasteiger partial charge on any atom is 0.150 e. The monoisotopic (exact) mass is 319 g/mol. The van der Waals surface area contributed by atoms with Gasteiger partial charge in [0.25, 0.3) is 0 Å². The Morgan fingerprint density at radius 2 is 1.17 bits per heavy atom. The summed E-state index contributed by atoms with van der Waals surface area (Å²) in [6, 6.07) is 7.94. The number of rotatable bonds is 12. The maximum atomic E-state index is 10.8. The Morgan fingerprint density at radius 3 is 1.52 bits per heavy atom. The molecule has 4 heteroatoms. The first kappa shape index (κ1) is 19.7. The normalized spacial score (nSPS) is 11.2. The number of carbonyl (C=O) groups is 1. The van der Waals surface area contributed by atoms with E-state index in [4.69, 9.17) is 0 Å². The van der Waals surface area contributed by atoms with Crippen LogP contribution in [0.4, 0.5) is 5.69 Å². The van der Waals surface area contributed by atoms with E-state index < -0.39 is 0 Å². The third-order valence-corrected chi connectivity index (χ3v) is 4.56. The molecule has 0 aliphatic carbocycles. The fourth-order valence-corrected chi connectivity index (χ4v) is 2.74. The van der Waals surface area contributed by atoms with Gasteiger partial charge in [-0.25, -0.2) is 0 Å². The molecular weight excluding hydrogens is 286 g/mol. The summed E-state index contributed by atoms with van der Waals surface area (Å²) < 4.78 is 0. The van der Waals surface area contributed by atoms with Gasteiger partial charge in [-0.3, -0.25) is 4.79 Å². The van der Waals surface area contributed by atoms with Gasteiger partial charge in [0.1, 0.15) is 6.29 Å². The molecular formula is C19H33N3O. The molecule has 0 heterocycles. The molecule has 0 aromatic heterocycles. The van der Waals surface area contributed by atoms with Gasteiger partial charge in [-0.05, 0) is 50.4 Å². The quantitative estimate of drug-likeness (QED) is 0.553. The van der Waals surface area contributed by atoms with E-state index >= 15 is 0 Å². The van der Waals surface area contributed by atoms with Crippen LogP contribution < -0.4 is 4.90 Å². The zero-order valence-electron chi connectivity index (χ0n) is 15.3. The first-order chi connectivity index (χ1) is 11.2. The predicted molar refractivity (Wildman–Crippen MR) is 99.6 cm³/mol. The van der Waals surface area contributed by atoms with Crippen LogP contribution in [0.15, 0.2) is 24.3 Å². The van der Waals surface area contributed by atoms with E-state index in [1.54, 1.807) is 0 Å². The summed E-state index contributed by atoms with van der Waals surface area (Å²) in [5.74, 6) is 0. The van der Waals surface area contributed by atoms with E-state index in [2.05, 4.69) is 54.5 Å². The van der Waals surface area contributed by atoms with E-state index in [1.807, 2.05) is 12.1 Å². The van der Waals surface area contributed by atoms with Crippen LogP contribution in [0, 0.1) is 0 Å². The molecule has 0 amide bonds. The molecule has 0 radical (unpaired) electrons. The molecule has 0 aliphatic heterocycles. The van der Waals surface area contributed by atoms with E-state index in [1.165, 1.54) is 5.69 Å². The van der Waals surface area contributed by atoms with E-state index in [0.29, 0.717) is 0 Å². The van der Waals surface area contributed by atoms with Crippen LogP contribution in [0.25, 0.3) is 0 Å². The van der Waals surface area contributed by atoms with Crippen molar-refractivity contribution in [2.75, 3.05) is 57.3 Å². The van der Waals surface area contributed by atoms with Crippen LogP contribution in [0.3, 0.4) is 0 Å². The third kappa shape index (κ3) is 6.71. The van der Waals surface area contributed by atoms with Crippen molar-refractivity contribution < 1.29 is 4.79 Å². The van der Waals surface area contributed by atoms with E-state index in [9.17, 15) is 4.79 Å². The molecule has 130 valence electrons. The number of hydrogen-bond donors (Lipinski definition) is 0. The van der Waals surface area contributed by atoms with E-state index in [0.717, 1.165) is 64.2 Å². The molecule has 1 aromatic rings. The van der Waals surface area contributed by atoms with Gasteiger partial charge >= 0.3 is 0 Å². The summed E-state index contributed by atoms with van der Waals surface area (Å²) in [6.07, 6.45) is 0.903. The van der Waals surface area contributed by atoms with Crippen molar-refractivity contribution in [1.29, 1.82) is 0 Å². The molecule has 0 fully saturated rings. The molecule has 0 atom stereocenters. The zero-order valence-corrected chi connectivity index (χ0v) is 15.3. The second kappa shape index (κ2) is 11.2. The Bertz CT molecular complexity index is 409. The molecule has 0 aliphatic rings. The van der Waals surface area contributed by atoms with Gasteiger partial charge in [-0.15, -0.1) is 0 Å². The van der Waals surface area contributed by atoms with Gasteiger partial charge in [-0.2, -0.15) is 0 Å². The number of aldehydes is 1. The minimum Gasteiger partial charge on any atom is -0.369 e. The highest BCUT2D eigenvalue weighted by molar-refractivity contribution is 5.75. The molecule has 0 saturated heterocycles. The lowest BCUT2D eigenvalue weighted by atomic mass is 10.2. The molecule has 1 aromatic carbocycles. The van der Waals surface area contributed by atoms with Gasteiger partial charge in [0.15, 0.2) is 0 Å². The molecule has 23 heavy (non-hydrogen) atoms. The Hall–Kier alpha value is -1.39. The minimum absolute atomic E-state index is 0.737. The van der Waals surface area contributed by atoms with Crippen molar-refractivity contribution >= 4 is 12.0 Å². The first-order valence-corrected chi connectivity index (χ1v) is 8.93. The summed E-state index contributed by atoms with van der Waals surface area (Å²) >= 11 is 0. The second-order valence-corrected chi connectivity index (χ2v) is 5.75. The summed E-state index contributed by atoms with van der Waals surface area (Å²) in [7, 11) is 0. The van der Waals surface area contributed by atoms with Gasteiger partial charge in [0.05, 0.1) is 0 Å². The average molecular weight is 319 g/mol. The first-order valence-electron chi connectivity index (χ1n) is 8.93. The van der Waals surface area contributed by atoms with Crippen molar-refractivity contribution in [3.8, 4) is 0 Å². The minimum atomic E-state index is 0.737. The highest BCUT2D eigenvalue weighted by atomic mass is 16.1. The number of hydrogen-bond acceptors (Lipinski definition) is 4. The number of benzene rings is 1. The summed E-state index contributed by atoms with van der Waals surface area (Å²) in [4.78, 5) is 18.2. The van der Waals surface area contributed by atoms with Crippen molar-refractivity contribution in [2.24, 2.45) is 0 Å². The molecule has 0 bridgehead atoms. The molecule has 0 spiro atoms. The molecule has 0 unspecified atom stereocenters. The van der Waals surface area contributed by atoms with Crippen molar-refractivity contribution in [3.05, 3.63) is 29.8 Å². The maximum absolute atomic E-state index is 10.8. The number of likely N-dealkylation sites (N-methyl/N-ethyl adjacent to an activating group) is 2. The van der Waals surface area contributed by atoms with Crippen molar-refractivity contribution in [3.63, 3.8) is 0 Å². The standard InChI is InChI=1S/C19H33N3O/c1-5-20(6-2)13-15-22(16-14-21(7-3)8-4)19-11-9-18(17-23)10-12-19/h9-12,17H,5-8,13-16H2,1-4H3. The van der Waals surface area contributed by atoms with Crippen LogP contribution in [-0.4, -0.2) is 68.4 Å². The van der Waals surface area contributed by atoms with Crippen LogP contribution in [0.2, 0.25) is 0 Å². The summed E-state index contributed by atoms with van der Waals surface area (Å²) in [5.41, 5.74) is 1.94. The van der Waals surface area contributed by atoms with Crippen LogP contribution >= 0.6 is 0 Å². The second-order valence-electron chi connectivity index (χ2n) is 5.75. The lowest BCUT2D eigenvalue weighted by Crippen LogP contribution is -2.39. The van der Waals surface area contributed by atoms with E-state index in [-0.39, 0.29) is 0 Å². The van der Waals surface area contributed by atoms with Crippen molar-refractivity contribution in [1.82, 2.24) is 9.80 Å². The fourth-order valence-electron chi connectivity index (χ4n) is 2.74. The Kier molecular flexibility index (Phi) is 9.57. The van der Waals surface area contributed by atoms with Crippen LogP contribution in [0.5, 0.6) is 0 Å². The lowest BCUT2D eigenvalue weighted by molar-refractivity contribution is 0.112. The number of carbonyl (C=O) groups excluding carboxylic acids is 1. The summed E-state index contributed by atoms with van der Waals surface area (Å²) in [6.45, 7) is 17.4. The van der Waals surface area contributed by atoms with Crippen LogP contribution in [0.1, 0.15) is 38.1 Å². The fraction of sp³-hybridized carbons (Fsp3) is 0.632. The Balaban J connectivity index is 2.75. The molecule has 0 saturated carbocycles. The van der Waals surface area contributed by atoms with Gasteiger partial charge in [0.2, 0.25) is 0 Å². The molecule has 4 nitrogen and oxygen atoms in total. The van der Waals surface area contributed by atoms with Crippen molar-refractivity contribution in [2.45, 2.75) is 27.7 Å². The third-order valence-electron chi connectivity index (χ3n) is 4.56. The highest BCUT2D eigenvalue weighted by Gasteiger charge is 2.10. The predicted octanol–water partition coefficient (Wildman–Crippen LogP) is 2.99. The smallest absolute Gasteiger partial charge is 0.150 e. The van der Waals surface area contributed by atoms with Crippen LogP contribution in [-0.2, 0) is 0 Å². The summed E-state index contributed by atoms with van der Waals surface area (Å²) in [5, 5.41) is 0.